The summed E-state index contributed by atoms with van der Waals surface area (Å²) in [4.78, 5) is 11.9. The van der Waals surface area contributed by atoms with Crippen LogP contribution in [0.25, 0.3) is 6.08 Å². The fourth-order valence-electron chi connectivity index (χ4n) is 1.63. The van der Waals surface area contributed by atoms with Crippen molar-refractivity contribution in [3.8, 4) is 11.5 Å². The van der Waals surface area contributed by atoms with Crippen LogP contribution in [0.15, 0.2) is 54.2 Å². The van der Waals surface area contributed by atoms with Crippen molar-refractivity contribution in [2.24, 2.45) is 0 Å². The predicted molar refractivity (Wildman–Crippen MR) is 81.7 cm³/mol. The van der Waals surface area contributed by atoms with E-state index in [1.807, 2.05) is 0 Å². The first-order valence-electron chi connectivity index (χ1n) is 6.09. The van der Waals surface area contributed by atoms with E-state index in [2.05, 4.69) is 13.2 Å². The number of carbonyl (C=O) groups excluding carboxylic acids is 1. The van der Waals surface area contributed by atoms with Gasteiger partial charge in [-0.2, -0.15) is 0 Å². The number of hydrogen-bond acceptors (Lipinski definition) is 6. The standard InChI is InChI=1S/C16H16O6/c1-8-4-11(18)6-14(20)12(8)7-15(21)16(22)9(2)5-13(19)10(3)17/h4-7,17-21H,2-3H2,1H3/b13-5+,15-7+. The molecule has 0 aromatic heterocycles. The van der Waals surface area contributed by atoms with Gasteiger partial charge in [0.05, 0.1) is 0 Å². The molecule has 0 aliphatic carbocycles. The number of benzene rings is 1. The number of Topliss-reactive ketones (excluding diaryl/α,β-unsaturated/α-hetero) is 1. The van der Waals surface area contributed by atoms with Crippen LogP contribution in [0.1, 0.15) is 11.1 Å². The maximum Gasteiger partial charge on any atom is 0.226 e. The van der Waals surface area contributed by atoms with E-state index in [1.165, 1.54) is 6.07 Å². The van der Waals surface area contributed by atoms with Gasteiger partial charge in [0.1, 0.15) is 17.3 Å². The molecule has 116 valence electrons. The second-order valence-electron chi connectivity index (χ2n) is 4.56. The molecule has 6 nitrogen and oxygen atoms in total. The number of aliphatic hydroxyl groups excluding tert-OH is 3. The number of phenols is 2. The summed E-state index contributed by atoms with van der Waals surface area (Å²) in [6.45, 7) is 7.99. The van der Waals surface area contributed by atoms with Crippen LogP contribution in [0.3, 0.4) is 0 Å². The van der Waals surface area contributed by atoms with Crippen molar-refractivity contribution in [2.75, 3.05) is 0 Å². The van der Waals surface area contributed by atoms with Gasteiger partial charge >= 0.3 is 0 Å². The summed E-state index contributed by atoms with van der Waals surface area (Å²) < 4.78 is 0. The van der Waals surface area contributed by atoms with E-state index in [1.54, 1.807) is 6.92 Å². The zero-order chi connectivity index (χ0) is 17.0. The fourth-order valence-corrected chi connectivity index (χ4v) is 1.63. The first-order valence-corrected chi connectivity index (χ1v) is 6.09. The van der Waals surface area contributed by atoms with E-state index in [4.69, 9.17) is 5.11 Å². The quantitative estimate of drug-likeness (QED) is 0.324. The summed E-state index contributed by atoms with van der Waals surface area (Å²) in [5.41, 5.74) is 0.290. The SMILES string of the molecule is C=C(/C=C(/O)C(=C)O)C(=O)/C(O)=C\c1c(C)cc(O)cc1O. The molecule has 0 unspecified atom stereocenters. The number of carbonyl (C=O) groups is 1. The number of aliphatic hydroxyl groups is 3. The van der Waals surface area contributed by atoms with Gasteiger partial charge in [-0.3, -0.25) is 4.79 Å². The summed E-state index contributed by atoms with van der Waals surface area (Å²) in [5.74, 6) is -3.43. The first kappa shape index (κ1) is 16.9. The molecule has 22 heavy (non-hydrogen) atoms. The highest BCUT2D eigenvalue weighted by Crippen LogP contribution is 2.28. The second-order valence-corrected chi connectivity index (χ2v) is 4.56. The lowest BCUT2D eigenvalue weighted by Gasteiger charge is -2.06. The lowest BCUT2D eigenvalue weighted by atomic mass is 10.0. The summed E-state index contributed by atoms with van der Waals surface area (Å²) in [6, 6.07) is 2.41. The smallest absolute Gasteiger partial charge is 0.226 e. The molecule has 0 bridgehead atoms. The Labute approximate surface area is 126 Å². The molecule has 0 atom stereocenters. The van der Waals surface area contributed by atoms with Crippen LogP contribution in [0.4, 0.5) is 0 Å². The Balaban J connectivity index is 3.13. The molecule has 1 aromatic carbocycles. The third kappa shape index (κ3) is 3.92. The molecule has 0 radical (unpaired) electrons. The van der Waals surface area contributed by atoms with E-state index < -0.39 is 23.1 Å². The Morgan fingerprint density at radius 1 is 1.09 bits per heavy atom. The molecule has 0 heterocycles. The molecule has 0 amide bonds. The minimum Gasteiger partial charge on any atom is -0.508 e. The van der Waals surface area contributed by atoms with Crippen molar-refractivity contribution in [3.63, 3.8) is 0 Å². The Bertz CT molecular complexity index is 686. The molecule has 0 aliphatic rings. The van der Waals surface area contributed by atoms with Crippen molar-refractivity contribution < 1.29 is 30.3 Å². The van der Waals surface area contributed by atoms with E-state index >= 15 is 0 Å². The highest BCUT2D eigenvalue weighted by atomic mass is 16.3. The first-order chi connectivity index (χ1) is 10.1. The lowest BCUT2D eigenvalue weighted by Crippen LogP contribution is -2.04. The average Bonchev–Trinajstić information content (AvgIpc) is 2.41. The van der Waals surface area contributed by atoms with Gasteiger partial charge < -0.3 is 25.5 Å². The Kier molecular flexibility index (Phi) is 5.02. The van der Waals surface area contributed by atoms with E-state index in [0.717, 1.165) is 18.2 Å². The average molecular weight is 304 g/mol. The number of aryl methyl sites for hydroxylation is 1. The minimum atomic E-state index is -0.917. The number of rotatable bonds is 5. The molecular formula is C16H16O6. The van der Waals surface area contributed by atoms with E-state index in [-0.39, 0.29) is 22.6 Å². The summed E-state index contributed by atoms with van der Waals surface area (Å²) in [7, 11) is 0. The van der Waals surface area contributed by atoms with Crippen LogP contribution < -0.4 is 0 Å². The largest absolute Gasteiger partial charge is 0.508 e. The number of hydrogen-bond donors (Lipinski definition) is 5. The molecule has 1 aromatic rings. The van der Waals surface area contributed by atoms with Crippen molar-refractivity contribution in [2.45, 2.75) is 6.92 Å². The van der Waals surface area contributed by atoms with Crippen LogP contribution in [-0.4, -0.2) is 31.3 Å². The molecule has 1 rings (SSSR count). The zero-order valence-corrected chi connectivity index (χ0v) is 11.9. The Morgan fingerprint density at radius 2 is 1.68 bits per heavy atom. The summed E-state index contributed by atoms with van der Waals surface area (Å²) in [5, 5.41) is 47.0. The molecule has 0 fully saturated rings. The third-order valence-electron chi connectivity index (χ3n) is 2.76. The van der Waals surface area contributed by atoms with Gasteiger partial charge in [0.15, 0.2) is 11.5 Å². The third-order valence-corrected chi connectivity index (χ3v) is 2.76. The number of allylic oxidation sites excluding steroid dienone is 2. The van der Waals surface area contributed by atoms with Gasteiger partial charge in [0, 0.05) is 17.2 Å². The van der Waals surface area contributed by atoms with Gasteiger partial charge in [-0.1, -0.05) is 13.2 Å². The van der Waals surface area contributed by atoms with Crippen molar-refractivity contribution in [1.82, 2.24) is 0 Å². The molecule has 0 saturated heterocycles. The Morgan fingerprint density at radius 3 is 2.18 bits per heavy atom. The highest BCUT2D eigenvalue weighted by molar-refractivity contribution is 6.10. The zero-order valence-electron chi connectivity index (χ0n) is 11.9. The molecule has 6 heteroatoms. The van der Waals surface area contributed by atoms with Gasteiger partial charge in [-0.05, 0) is 30.7 Å². The van der Waals surface area contributed by atoms with Crippen molar-refractivity contribution >= 4 is 11.9 Å². The normalized spacial score (nSPS) is 12.0. The fraction of sp³-hybridized carbons (Fsp3) is 0.0625. The summed E-state index contributed by atoms with van der Waals surface area (Å²) >= 11 is 0. The van der Waals surface area contributed by atoms with E-state index in [0.29, 0.717) is 5.56 Å². The molecule has 0 aliphatic heterocycles. The highest BCUT2D eigenvalue weighted by Gasteiger charge is 2.14. The van der Waals surface area contributed by atoms with Gasteiger partial charge in [0.2, 0.25) is 5.78 Å². The monoisotopic (exact) mass is 304 g/mol. The van der Waals surface area contributed by atoms with Crippen LogP contribution in [0, 0.1) is 6.92 Å². The molecule has 0 spiro atoms. The minimum absolute atomic E-state index is 0.149. The maximum absolute atomic E-state index is 11.9. The second kappa shape index (κ2) is 6.53. The Hall–Kier alpha value is -3.15. The topological polar surface area (TPSA) is 118 Å². The van der Waals surface area contributed by atoms with Crippen LogP contribution >= 0.6 is 0 Å². The maximum atomic E-state index is 11.9. The molecular weight excluding hydrogens is 288 g/mol. The van der Waals surface area contributed by atoms with Gasteiger partial charge in [-0.25, -0.2) is 0 Å². The lowest BCUT2D eigenvalue weighted by molar-refractivity contribution is -0.114. The van der Waals surface area contributed by atoms with Gasteiger partial charge in [0.25, 0.3) is 0 Å². The van der Waals surface area contributed by atoms with Crippen LogP contribution in [-0.2, 0) is 4.79 Å². The summed E-state index contributed by atoms with van der Waals surface area (Å²) in [6.07, 6.45) is 1.86. The van der Waals surface area contributed by atoms with Crippen LogP contribution in [0.5, 0.6) is 11.5 Å². The van der Waals surface area contributed by atoms with Crippen LogP contribution in [0.2, 0.25) is 0 Å². The number of ketones is 1. The van der Waals surface area contributed by atoms with Crippen molar-refractivity contribution in [3.05, 3.63) is 65.3 Å². The predicted octanol–water partition coefficient (Wildman–Crippen LogP) is 2.94. The van der Waals surface area contributed by atoms with E-state index in [9.17, 15) is 25.2 Å². The molecule has 5 N–H and O–H groups in total. The number of aromatic hydroxyl groups is 2. The van der Waals surface area contributed by atoms with Crippen molar-refractivity contribution in [1.29, 1.82) is 0 Å². The van der Waals surface area contributed by atoms with Gasteiger partial charge in [-0.15, -0.1) is 0 Å². The number of phenolic OH excluding ortho intramolecular Hbond substituents is 2. The molecule has 0 saturated carbocycles.